The zero-order chi connectivity index (χ0) is 14.3. The SMILES string of the molecule is CCc1nnc(N(CCCl)C(CC)CC)nc1CC. The Morgan fingerprint density at radius 2 is 1.63 bits per heavy atom. The molecule has 0 aliphatic rings. The van der Waals surface area contributed by atoms with Crippen LogP contribution in [-0.4, -0.2) is 33.6 Å². The number of anilines is 1. The van der Waals surface area contributed by atoms with Crippen LogP contribution in [0.3, 0.4) is 0 Å². The van der Waals surface area contributed by atoms with E-state index in [-0.39, 0.29) is 0 Å². The number of alkyl halides is 1. The Hall–Kier alpha value is -0.900. The lowest BCUT2D eigenvalue weighted by Crippen LogP contribution is -2.38. The molecule has 0 aromatic carbocycles. The summed E-state index contributed by atoms with van der Waals surface area (Å²) in [5.74, 6) is 1.31. The molecule has 0 aliphatic carbocycles. The lowest BCUT2D eigenvalue weighted by Gasteiger charge is -2.29. The van der Waals surface area contributed by atoms with Crippen molar-refractivity contribution in [2.24, 2.45) is 0 Å². The van der Waals surface area contributed by atoms with Crippen molar-refractivity contribution in [1.29, 1.82) is 0 Å². The van der Waals surface area contributed by atoms with Gasteiger partial charge < -0.3 is 4.90 Å². The fourth-order valence-electron chi connectivity index (χ4n) is 2.32. The van der Waals surface area contributed by atoms with Crippen LogP contribution in [0, 0.1) is 0 Å². The second-order valence-electron chi connectivity index (χ2n) is 4.56. The molecule has 1 rings (SSSR count). The number of hydrogen-bond donors (Lipinski definition) is 0. The van der Waals surface area contributed by atoms with Crippen molar-refractivity contribution in [3.63, 3.8) is 0 Å². The quantitative estimate of drug-likeness (QED) is 0.687. The first-order valence-corrected chi connectivity index (χ1v) is 7.80. The molecule has 0 fully saturated rings. The largest absolute Gasteiger partial charge is 0.335 e. The molecule has 0 N–H and O–H groups in total. The Morgan fingerprint density at radius 1 is 1.00 bits per heavy atom. The van der Waals surface area contributed by atoms with Gasteiger partial charge in [-0.1, -0.05) is 27.7 Å². The molecule has 108 valence electrons. The van der Waals surface area contributed by atoms with Crippen LogP contribution in [0.15, 0.2) is 0 Å². The summed E-state index contributed by atoms with van der Waals surface area (Å²) in [6.07, 6.45) is 3.90. The Kier molecular flexibility index (Phi) is 7.06. The lowest BCUT2D eigenvalue weighted by atomic mass is 10.1. The molecule has 0 bridgehead atoms. The molecule has 1 aromatic heterocycles. The minimum atomic E-state index is 0.428. The topological polar surface area (TPSA) is 41.9 Å². The van der Waals surface area contributed by atoms with Gasteiger partial charge in [-0.3, -0.25) is 0 Å². The first-order chi connectivity index (χ1) is 9.21. The molecule has 0 saturated heterocycles. The number of rotatable bonds is 8. The van der Waals surface area contributed by atoms with Gasteiger partial charge in [-0.25, -0.2) is 4.98 Å². The number of nitrogens with zero attached hydrogens (tertiary/aromatic N) is 4. The highest BCUT2D eigenvalue weighted by molar-refractivity contribution is 6.18. The van der Waals surface area contributed by atoms with Gasteiger partial charge in [-0.05, 0) is 25.7 Å². The third-order valence-corrected chi connectivity index (χ3v) is 3.63. The van der Waals surface area contributed by atoms with Gasteiger partial charge in [0.2, 0.25) is 5.95 Å². The molecule has 0 unspecified atom stereocenters. The van der Waals surface area contributed by atoms with Crippen LogP contribution in [0.1, 0.15) is 51.9 Å². The van der Waals surface area contributed by atoms with Crippen LogP contribution in [0.25, 0.3) is 0 Å². The molecule has 0 spiro atoms. The molecule has 0 amide bonds. The maximum absolute atomic E-state index is 5.92. The third kappa shape index (κ3) is 4.03. The van der Waals surface area contributed by atoms with Crippen LogP contribution in [0.4, 0.5) is 5.95 Å². The van der Waals surface area contributed by atoms with Crippen LogP contribution < -0.4 is 4.90 Å². The summed E-state index contributed by atoms with van der Waals surface area (Å²) >= 11 is 5.92. The number of aryl methyl sites for hydroxylation is 2. The number of halogens is 1. The van der Waals surface area contributed by atoms with Crippen LogP contribution in [0.5, 0.6) is 0 Å². The Morgan fingerprint density at radius 3 is 2.11 bits per heavy atom. The van der Waals surface area contributed by atoms with Crippen molar-refractivity contribution in [2.45, 2.75) is 59.4 Å². The van der Waals surface area contributed by atoms with Gasteiger partial charge in [0, 0.05) is 18.5 Å². The van der Waals surface area contributed by atoms with E-state index in [1.807, 2.05) is 0 Å². The predicted molar refractivity (Wildman–Crippen MR) is 81.0 cm³/mol. The summed E-state index contributed by atoms with van der Waals surface area (Å²) in [7, 11) is 0. The Labute approximate surface area is 121 Å². The molecule has 19 heavy (non-hydrogen) atoms. The van der Waals surface area contributed by atoms with Gasteiger partial charge in [0.1, 0.15) is 0 Å². The van der Waals surface area contributed by atoms with Gasteiger partial charge in [0.05, 0.1) is 11.4 Å². The van der Waals surface area contributed by atoms with E-state index < -0.39 is 0 Å². The second-order valence-corrected chi connectivity index (χ2v) is 4.94. The summed E-state index contributed by atoms with van der Waals surface area (Å²) in [6.45, 7) is 9.33. The molecule has 4 nitrogen and oxygen atoms in total. The molecule has 0 aliphatic heterocycles. The van der Waals surface area contributed by atoms with Crippen molar-refractivity contribution in [3.8, 4) is 0 Å². The van der Waals surface area contributed by atoms with E-state index in [9.17, 15) is 0 Å². The Balaban J connectivity index is 3.08. The van der Waals surface area contributed by atoms with Gasteiger partial charge in [-0.15, -0.1) is 16.7 Å². The standard InChI is InChI=1S/C14H25ClN4/c1-5-11(6-2)19(10-9-15)14-16-12(7-3)13(8-4)17-18-14/h11H,5-10H2,1-4H3. The average molecular weight is 285 g/mol. The maximum Gasteiger partial charge on any atom is 0.245 e. The highest BCUT2D eigenvalue weighted by Gasteiger charge is 2.19. The molecular weight excluding hydrogens is 260 g/mol. The van der Waals surface area contributed by atoms with E-state index in [0.717, 1.165) is 49.6 Å². The molecule has 0 saturated carbocycles. The Bertz CT molecular complexity index is 380. The van der Waals surface area contributed by atoms with Gasteiger partial charge >= 0.3 is 0 Å². The summed E-state index contributed by atoms with van der Waals surface area (Å²) < 4.78 is 0. The van der Waals surface area contributed by atoms with E-state index in [1.165, 1.54) is 0 Å². The van der Waals surface area contributed by atoms with Crippen LogP contribution in [0.2, 0.25) is 0 Å². The third-order valence-electron chi connectivity index (χ3n) is 3.46. The fourth-order valence-corrected chi connectivity index (χ4v) is 2.50. The fraction of sp³-hybridized carbons (Fsp3) is 0.786. The van der Waals surface area contributed by atoms with Crippen molar-refractivity contribution in [2.75, 3.05) is 17.3 Å². The minimum Gasteiger partial charge on any atom is -0.335 e. The zero-order valence-corrected chi connectivity index (χ0v) is 13.2. The van der Waals surface area contributed by atoms with Crippen molar-refractivity contribution < 1.29 is 0 Å². The van der Waals surface area contributed by atoms with Gasteiger partial charge in [0.15, 0.2) is 0 Å². The van der Waals surface area contributed by atoms with E-state index in [1.54, 1.807) is 0 Å². The van der Waals surface area contributed by atoms with Gasteiger partial charge in [0.25, 0.3) is 0 Å². The van der Waals surface area contributed by atoms with Crippen molar-refractivity contribution in [3.05, 3.63) is 11.4 Å². The predicted octanol–water partition coefficient (Wildman–Crippen LogP) is 3.23. The normalized spacial score (nSPS) is 11.1. The zero-order valence-electron chi connectivity index (χ0n) is 12.5. The number of aromatic nitrogens is 3. The minimum absolute atomic E-state index is 0.428. The molecule has 5 heteroatoms. The number of hydrogen-bond acceptors (Lipinski definition) is 4. The first kappa shape index (κ1) is 16.2. The van der Waals surface area contributed by atoms with E-state index in [0.29, 0.717) is 11.9 Å². The monoisotopic (exact) mass is 284 g/mol. The van der Waals surface area contributed by atoms with E-state index in [2.05, 4.69) is 42.8 Å². The van der Waals surface area contributed by atoms with E-state index >= 15 is 0 Å². The summed E-state index contributed by atoms with van der Waals surface area (Å²) in [4.78, 5) is 6.88. The summed E-state index contributed by atoms with van der Waals surface area (Å²) in [5.41, 5.74) is 2.06. The smallest absolute Gasteiger partial charge is 0.245 e. The first-order valence-electron chi connectivity index (χ1n) is 7.26. The second kappa shape index (κ2) is 8.31. The molecular formula is C14H25ClN4. The highest BCUT2D eigenvalue weighted by atomic mass is 35.5. The maximum atomic E-state index is 5.92. The molecule has 1 heterocycles. The van der Waals surface area contributed by atoms with Crippen molar-refractivity contribution >= 4 is 17.5 Å². The summed E-state index contributed by atoms with van der Waals surface area (Å²) in [6, 6.07) is 0.428. The summed E-state index contributed by atoms with van der Waals surface area (Å²) in [5, 5.41) is 8.62. The molecule has 0 atom stereocenters. The van der Waals surface area contributed by atoms with Crippen LogP contribution >= 0.6 is 11.6 Å². The average Bonchev–Trinajstić information content (AvgIpc) is 2.46. The molecule has 1 aromatic rings. The van der Waals surface area contributed by atoms with Crippen LogP contribution in [-0.2, 0) is 12.8 Å². The lowest BCUT2D eigenvalue weighted by molar-refractivity contribution is 0.550. The van der Waals surface area contributed by atoms with Gasteiger partial charge in [-0.2, -0.15) is 5.10 Å². The highest BCUT2D eigenvalue weighted by Crippen LogP contribution is 2.17. The van der Waals surface area contributed by atoms with Crippen molar-refractivity contribution in [1.82, 2.24) is 15.2 Å². The van der Waals surface area contributed by atoms with E-state index in [4.69, 9.17) is 16.6 Å². The molecule has 0 radical (unpaired) electrons.